The number of thiazole rings is 1. The first-order valence-corrected chi connectivity index (χ1v) is 8.63. The van der Waals surface area contributed by atoms with Gasteiger partial charge in [0.2, 0.25) is 0 Å². The lowest BCUT2D eigenvalue weighted by molar-refractivity contribution is 0.0998. The van der Waals surface area contributed by atoms with Crippen LogP contribution in [0, 0.1) is 26.2 Å². The van der Waals surface area contributed by atoms with Gasteiger partial charge >= 0.3 is 0 Å². The van der Waals surface area contributed by atoms with Crippen LogP contribution in [-0.4, -0.2) is 17.6 Å². The van der Waals surface area contributed by atoms with Gasteiger partial charge in [0, 0.05) is 5.56 Å². The number of fused-ring (bicyclic) bond motifs is 1. The molecule has 0 radical (unpaired) electrons. The number of aromatic nitrogens is 1. The van der Waals surface area contributed by atoms with Crippen molar-refractivity contribution < 1.29 is 9.53 Å². The fourth-order valence-corrected chi connectivity index (χ4v) is 3.66. The highest BCUT2D eigenvalue weighted by molar-refractivity contribution is 7.16. The topological polar surface area (TPSA) is 43.6 Å². The van der Waals surface area contributed by atoms with Crippen molar-refractivity contribution in [1.82, 2.24) is 4.57 Å². The Kier molecular flexibility index (Phi) is 4.73. The summed E-state index contributed by atoms with van der Waals surface area (Å²) in [6.45, 7) is 4.31. The van der Waals surface area contributed by atoms with Crippen molar-refractivity contribution in [3.63, 3.8) is 0 Å². The molecule has 1 amide bonds. The highest BCUT2D eigenvalue weighted by atomic mass is 32.1. The van der Waals surface area contributed by atoms with Crippen LogP contribution in [0.2, 0.25) is 0 Å². The fraction of sp³-hybridized carbons (Fsp3) is 0.200. The van der Waals surface area contributed by atoms with Crippen molar-refractivity contribution in [1.29, 1.82) is 0 Å². The Bertz CT molecular complexity index is 1070. The number of para-hydroxylation sites is 1. The second kappa shape index (κ2) is 6.96. The fourth-order valence-electron chi connectivity index (χ4n) is 2.61. The molecule has 0 saturated heterocycles. The smallest absolute Gasteiger partial charge is 0.279 e. The lowest BCUT2D eigenvalue weighted by atomic mass is 10.1. The minimum absolute atomic E-state index is 0.278. The van der Waals surface area contributed by atoms with E-state index in [1.807, 2.05) is 48.7 Å². The number of hydrogen-bond acceptors (Lipinski definition) is 3. The van der Waals surface area contributed by atoms with E-state index in [2.05, 4.69) is 10.9 Å². The molecule has 25 heavy (non-hydrogen) atoms. The summed E-state index contributed by atoms with van der Waals surface area (Å²) in [6, 6.07) is 11.3. The van der Waals surface area contributed by atoms with Crippen LogP contribution in [0.15, 0.2) is 41.4 Å². The van der Waals surface area contributed by atoms with Crippen molar-refractivity contribution in [2.24, 2.45) is 4.99 Å². The molecule has 2 aromatic carbocycles. The average molecular weight is 350 g/mol. The first-order valence-electron chi connectivity index (χ1n) is 7.81. The molecule has 0 aliphatic rings. The zero-order chi connectivity index (χ0) is 18.0. The highest BCUT2D eigenvalue weighted by Gasteiger charge is 2.12. The molecule has 5 heteroatoms. The highest BCUT2D eigenvalue weighted by Crippen LogP contribution is 2.27. The summed E-state index contributed by atoms with van der Waals surface area (Å²) < 4.78 is 8.26. The first-order chi connectivity index (χ1) is 12.0. The zero-order valence-corrected chi connectivity index (χ0v) is 15.2. The number of rotatable bonds is 3. The van der Waals surface area contributed by atoms with Crippen molar-refractivity contribution in [2.45, 2.75) is 20.4 Å². The van der Waals surface area contributed by atoms with Gasteiger partial charge in [-0.3, -0.25) is 4.79 Å². The molecule has 1 heterocycles. The standard InChI is InChI=1S/C20H18N2O2S/c1-5-11-22-18-16(24-4)7-6-8-17(18)25-20(22)21-19(23)15-10-9-13(2)14(3)12-15/h1,6-10,12H,11H2,2-4H3. The number of aryl methyl sites for hydroxylation is 2. The van der Waals surface area contributed by atoms with E-state index in [0.717, 1.165) is 21.3 Å². The monoisotopic (exact) mass is 350 g/mol. The molecule has 0 fully saturated rings. The van der Waals surface area contributed by atoms with E-state index < -0.39 is 0 Å². The molecule has 0 atom stereocenters. The maximum atomic E-state index is 12.6. The summed E-state index contributed by atoms with van der Waals surface area (Å²) in [4.78, 5) is 17.5. The summed E-state index contributed by atoms with van der Waals surface area (Å²) in [6.07, 6.45) is 5.52. The molecular weight excluding hydrogens is 332 g/mol. The van der Waals surface area contributed by atoms with Gasteiger partial charge in [0.05, 0.1) is 18.4 Å². The zero-order valence-electron chi connectivity index (χ0n) is 14.4. The van der Waals surface area contributed by atoms with Gasteiger partial charge in [0.15, 0.2) is 4.80 Å². The SMILES string of the molecule is C#CCn1c(=NC(=O)c2ccc(C)c(C)c2)sc2cccc(OC)c21. The number of carbonyl (C=O) groups excluding carboxylic acids is 1. The van der Waals surface area contributed by atoms with E-state index in [9.17, 15) is 4.79 Å². The molecule has 3 aromatic rings. The lowest BCUT2D eigenvalue weighted by Crippen LogP contribution is -2.16. The van der Waals surface area contributed by atoms with E-state index >= 15 is 0 Å². The summed E-state index contributed by atoms with van der Waals surface area (Å²) >= 11 is 1.42. The molecule has 1 aromatic heterocycles. The van der Waals surface area contributed by atoms with Crippen molar-refractivity contribution in [3.8, 4) is 18.1 Å². The van der Waals surface area contributed by atoms with Gasteiger partial charge < -0.3 is 9.30 Å². The van der Waals surface area contributed by atoms with E-state index in [1.165, 1.54) is 11.3 Å². The molecule has 0 bridgehead atoms. The molecule has 0 aliphatic heterocycles. The van der Waals surface area contributed by atoms with Crippen LogP contribution in [0.1, 0.15) is 21.5 Å². The Morgan fingerprint density at radius 2 is 2.08 bits per heavy atom. The predicted molar refractivity (Wildman–Crippen MR) is 101 cm³/mol. The van der Waals surface area contributed by atoms with Gasteiger partial charge in [0.25, 0.3) is 5.91 Å². The van der Waals surface area contributed by atoms with Gasteiger partial charge in [-0.2, -0.15) is 4.99 Å². The maximum Gasteiger partial charge on any atom is 0.279 e. The average Bonchev–Trinajstić information content (AvgIpc) is 2.95. The van der Waals surface area contributed by atoms with Gasteiger partial charge in [0.1, 0.15) is 11.3 Å². The minimum Gasteiger partial charge on any atom is -0.495 e. The molecule has 3 rings (SSSR count). The van der Waals surface area contributed by atoms with Crippen LogP contribution >= 0.6 is 11.3 Å². The number of benzene rings is 2. The van der Waals surface area contributed by atoms with Gasteiger partial charge in [-0.25, -0.2) is 0 Å². The summed E-state index contributed by atoms with van der Waals surface area (Å²) in [5, 5.41) is 0. The number of terminal acetylenes is 1. The van der Waals surface area contributed by atoms with Crippen LogP contribution in [0.5, 0.6) is 5.75 Å². The molecule has 0 spiro atoms. The van der Waals surface area contributed by atoms with E-state index in [-0.39, 0.29) is 5.91 Å². The Balaban J connectivity index is 2.18. The maximum absolute atomic E-state index is 12.6. The van der Waals surface area contributed by atoms with Crippen LogP contribution in [0.25, 0.3) is 10.2 Å². The summed E-state index contributed by atoms with van der Waals surface area (Å²) in [5.74, 6) is 3.06. The molecular formula is C20H18N2O2S. The quantitative estimate of drug-likeness (QED) is 0.676. The molecule has 126 valence electrons. The van der Waals surface area contributed by atoms with Crippen molar-refractivity contribution >= 4 is 27.5 Å². The summed E-state index contributed by atoms with van der Waals surface area (Å²) in [7, 11) is 1.61. The van der Waals surface area contributed by atoms with E-state index in [4.69, 9.17) is 11.2 Å². The molecule has 0 saturated carbocycles. The Hall–Kier alpha value is -2.84. The Labute approximate surface area is 150 Å². The predicted octanol–water partition coefficient (Wildman–Crippen LogP) is 3.70. The van der Waals surface area contributed by atoms with Crippen LogP contribution in [-0.2, 0) is 6.54 Å². The van der Waals surface area contributed by atoms with Crippen LogP contribution < -0.4 is 9.54 Å². The van der Waals surface area contributed by atoms with E-state index in [1.54, 1.807) is 13.2 Å². The third-order valence-electron chi connectivity index (χ3n) is 4.08. The number of carbonyl (C=O) groups is 1. The first kappa shape index (κ1) is 17.0. The second-order valence-electron chi connectivity index (χ2n) is 5.70. The third kappa shape index (κ3) is 3.21. The lowest BCUT2D eigenvalue weighted by Gasteiger charge is -2.05. The molecule has 4 nitrogen and oxygen atoms in total. The largest absolute Gasteiger partial charge is 0.495 e. The van der Waals surface area contributed by atoms with Crippen molar-refractivity contribution in [2.75, 3.05) is 7.11 Å². The molecule has 0 N–H and O–H groups in total. The van der Waals surface area contributed by atoms with Gasteiger partial charge in [-0.1, -0.05) is 29.4 Å². The normalized spacial score (nSPS) is 11.5. The molecule has 0 aliphatic carbocycles. The number of methoxy groups -OCH3 is 1. The number of amides is 1. The van der Waals surface area contributed by atoms with Gasteiger partial charge in [-0.15, -0.1) is 6.42 Å². The van der Waals surface area contributed by atoms with Crippen LogP contribution in [0.3, 0.4) is 0 Å². The third-order valence-corrected chi connectivity index (χ3v) is 5.13. The summed E-state index contributed by atoms with van der Waals surface area (Å²) in [5.41, 5.74) is 3.64. The van der Waals surface area contributed by atoms with Gasteiger partial charge in [-0.05, 0) is 49.2 Å². The Morgan fingerprint density at radius 3 is 2.76 bits per heavy atom. The van der Waals surface area contributed by atoms with Crippen molar-refractivity contribution in [3.05, 3.63) is 57.9 Å². The number of nitrogens with zero attached hydrogens (tertiary/aromatic N) is 2. The number of ether oxygens (including phenoxy) is 1. The number of hydrogen-bond donors (Lipinski definition) is 0. The minimum atomic E-state index is -0.278. The Morgan fingerprint density at radius 1 is 1.28 bits per heavy atom. The molecule has 0 unspecified atom stereocenters. The van der Waals surface area contributed by atoms with E-state index in [0.29, 0.717) is 22.7 Å². The second-order valence-corrected chi connectivity index (χ2v) is 6.71. The van der Waals surface area contributed by atoms with Crippen LogP contribution in [0.4, 0.5) is 0 Å².